The highest BCUT2D eigenvalue weighted by molar-refractivity contribution is 9.10. The van der Waals surface area contributed by atoms with Crippen LogP contribution in [-0.4, -0.2) is 10.2 Å². The van der Waals surface area contributed by atoms with Gasteiger partial charge in [-0.3, -0.25) is 0 Å². The summed E-state index contributed by atoms with van der Waals surface area (Å²) in [7, 11) is 0. The molecule has 0 fully saturated rings. The van der Waals surface area contributed by atoms with Crippen LogP contribution >= 0.6 is 31.9 Å². The van der Waals surface area contributed by atoms with E-state index in [1.54, 1.807) is 0 Å². The van der Waals surface area contributed by atoms with Crippen LogP contribution in [0.5, 0.6) is 0 Å². The first-order valence-electron chi connectivity index (χ1n) is 2.14. The van der Waals surface area contributed by atoms with Gasteiger partial charge in [-0.05, 0) is 6.42 Å². The largest absolute Gasteiger partial charge is 0.102 e. The zero-order chi connectivity index (χ0) is 5.70. The predicted octanol–water partition coefficient (Wildman–Crippen LogP) is 2.72. The van der Waals surface area contributed by atoms with Crippen molar-refractivity contribution in [1.29, 1.82) is 0 Å². The molecule has 0 saturated heterocycles. The molecule has 0 heterocycles. The van der Waals surface area contributed by atoms with E-state index in [2.05, 4.69) is 38.4 Å². The van der Waals surface area contributed by atoms with Crippen LogP contribution in [0.3, 0.4) is 0 Å². The van der Waals surface area contributed by atoms with Crippen molar-refractivity contribution in [3.63, 3.8) is 0 Å². The molecule has 0 bridgehead atoms. The number of halogens is 2. The van der Waals surface area contributed by atoms with Gasteiger partial charge in [-0.25, -0.2) is 0 Å². The lowest BCUT2D eigenvalue weighted by Gasteiger charge is -1.95. The summed E-state index contributed by atoms with van der Waals surface area (Å²) in [4.78, 5) is 0.479. The predicted molar refractivity (Wildman–Crippen MR) is 41.3 cm³/mol. The van der Waals surface area contributed by atoms with E-state index in [0.29, 0.717) is 4.83 Å². The van der Waals surface area contributed by atoms with Crippen molar-refractivity contribution in [1.82, 2.24) is 0 Å². The molecular formula is C5H8Br2. The van der Waals surface area contributed by atoms with Gasteiger partial charge in [0.05, 0.1) is 0 Å². The number of allylic oxidation sites excluding steroid dienone is 1. The quantitative estimate of drug-likeness (QED) is 0.514. The number of hydrogen-bond acceptors (Lipinski definition) is 0. The van der Waals surface area contributed by atoms with Crippen LogP contribution in [0.1, 0.15) is 6.42 Å². The Kier molecular flexibility index (Phi) is 5.33. The fraction of sp³-hybridized carbons (Fsp3) is 0.600. The minimum absolute atomic E-state index is 0.479. The van der Waals surface area contributed by atoms with Crippen molar-refractivity contribution in [3.05, 3.63) is 12.7 Å². The van der Waals surface area contributed by atoms with Gasteiger partial charge in [-0.1, -0.05) is 37.9 Å². The van der Waals surface area contributed by atoms with Gasteiger partial charge in [-0.15, -0.1) is 6.58 Å². The van der Waals surface area contributed by atoms with Crippen molar-refractivity contribution in [2.45, 2.75) is 11.2 Å². The maximum atomic E-state index is 3.61. The Morgan fingerprint density at radius 3 is 2.43 bits per heavy atom. The van der Waals surface area contributed by atoms with E-state index in [-0.39, 0.29) is 0 Å². The molecule has 0 aliphatic carbocycles. The highest BCUT2D eigenvalue weighted by Gasteiger charge is 1.92. The lowest BCUT2D eigenvalue weighted by molar-refractivity contribution is 1.02. The summed E-state index contributed by atoms with van der Waals surface area (Å²) in [6.07, 6.45) is 3.00. The van der Waals surface area contributed by atoms with Gasteiger partial charge in [0.25, 0.3) is 0 Å². The molecule has 0 N–H and O–H groups in total. The summed E-state index contributed by atoms with van der Waals surface area (Å²) < 4.78 is 0. The van der Waals surface area contributed by atoms with Crippen molar-refractivity contribution in [3.8, 4) is 0 Å². The second-order valence-electron chi connectivity index (χ2n) is 1.23. The molecule has 0 nitrogen and oxygen atoms in total. The molecule has 2 heteroatoms. The lowest BCUT2D eigenvalue weighted by atomic mass is 10.3. The molecule has 0 amide bonds. The Hall–Kier alpha value is 0.700. The fourth-order valence-electron chi connectivity index (χ4n) is 0.222. The van der Waals surface area contributed by atoms with E-state index >= 15 is 0 Å². The van der Waals surface area contributed by atoms with Gasteiger partial charge in [0.2, 0.25) is 0 Å². The average molecular weight is 228 g/mol. The van der Waals surface area contributed by atoms with Crippen LogP contribution in [0.15, 0.2) is 12.7 Å². The maximum Gasteiger partial charge on any atom is 0.0330 e. The third-order valence-electron chi connectivity index (χ3n) is 0.641. The Labute approximate surface area is 61.2 Å². The van der Waals surface area contributed by atoms with Crippen LogP contribution in [0.4, 0.5) is 0 Å². The third-order valence-corrected chi connectivity index (χ3v) is 1.93. The Morgan fingerprint density at radius 2 is 2.29 bits per heavy atom. The van der Waals surface area contributed by atoms with Crippen LogP contribution in [0.2, 0.25) is 0 Å². The SMILES string of the molecule is C=CC(Br)CCBr. The number of rotatable bonds is 3. The first-order chi connectivity index (χ1) is 3.31. The van der Waals surface area contributed by atoms with Crippen LogP contribution < -0.4 is 0 Å². The summed E-state index contributed by atoms with van der Waals surface area (Å²) in [5.74, 6) is 0. The third kappa shape index (κ3) is 4.56. The molecule has 7 heavy (non-hydrogen) atoms. The van der Waals surface area contributed by atoms with Gasteiger partial charge in [-0.2, -0.15) is 0 Å². The van der Waals surface area contributed by atoms with E-state index in [4.69, 9.17) is 0 Å². The first kappa shape index (κ1) is 7.70. The summed E-state index contributed by atoms with van der Waals surface area (Å²) in [6, 6.07) is 0. The molecular weight excluding hydrogens is 220 g/mol. The molecule has 0 aliphatic heterocycles. The second-order valence-corrected chi connectivity index (χ2v) is 3.20. The van der Waals surface area contributed by atoms with E-state index in [1.807, 2.05) is 6.08 Å². The topological polar surface area (TPSA) is 0 Å². The molecule has 0 rings (SSSR count). The van der Waals surface area contributed by atoms with Gasteiger partial charge in [0.1, 0.15) is 0 Å². The van der Waals surface area contributed by atoms with Gasteiger partial charge >= 0.3 is 0 Å². The zero-order valence-electron chi connectivity index (χ0n) is 4.03. The second kappa shape index (κ2) is 4.85. The molecule has 42 valence electrons. The minimum Gasteiger partial charge on any atom is -0.102 e. The monoisotopic (exact) mass is 226 g/mol. The lowest BCUT2D eigenvalue weighted by Crippen LogP contribution is -1.90. The Balaban J connectivity index is 2.98. The average Bonchev–Trinajstić information content (AvgIpc) is 1.68. The highest BCUT2D eigenvalue weighted by Crippen LogP contribution is 2.06. The summed E-state index contributed by atoms with van der Waals surface area (Å²) in [5, 5.41) is 1.04. The highest BCUT2D eigenvalue weighted by atomic mass is 79.9. The van der Waals surface area contributed by atoms with Crippen molar-refractivity contribution < 1.29 is 0 Å². The van der Waals surface area contributed by atoms with Crippen LogP contribution in [-0.2, 0) is 0 Å². The number of alkyl halides is 2. The Bertz CT molecular complexity index is 52.0. The van der Waals surface area contributed by atoms with Crippen LogP contribution in [0.25, 0.3) is 0 Å². The molecule has 0 aromatic carbocycles. The first-order valence-corrected chi connectivity index (χ1v) is 4.17. The van der Waals surface area contributed by atoms with E-state index in [1.165, 1.54) is 0 Å². The molecule has 0 aromatic heterocycles. The normalized spacial score (nSPS) is 13.4. The summed E-state index contributed by atoms with van der Waals surface area (Å²) in [5.41, 5.74) is 0. The number of hydrogen-bond donors (Lipinski definition) is 0. The zero-order valence-corrected chi connectivity index (χ0v) is 7.20. The molecule has 0 aromatic rings. The van der Waals surface area contributed by atoms with E-state index in [0.717, 1.165) is 11.8 Å². The van der Waals surface area contributed by atoms with Crippen molar-refractivity contribution in [2.75, 3.05) is 5.33 Å². The van der Waals surface area contributed by atoms with E-state index in [9.17, 15) is 0 Å². The molecule has 0 radical (unpaired) electrons. The fourth-order valence-corrected chi connectivity index (χ4v) is 1.56. The van der Waals surface area contributed by atoms with Gasteiger partial charge in [0, 0.05) is 10.2 Å². The molecule has 1 atom stereocenters. The Morgan fingerprint density at radius 1 is 1.71 bits per heavy atom. The van der Waals surface area contributed by atoms with E-state index < -0.39 is 0 Å². The minimum atomic E-state index is 0.479. The van der Waals surface area contributed by atoms with Gasteiger partial charge < -0.3 is 0 Å². The maximum absolute atomic E-state index is 3.61. The van der Waals surface area contributed by atoms with Crippen molar-refractivity contribution in [2.24, 2.45) is 0 Å². The van der Waals surface area contributed by atoms with Crippen molar-refractivity contribution >= 4 is 31.9 Å². The van der Waals surface area contributed by atoms with Gasteiger partial charge in [0.15, 0.2) is 0 Å². The summed E-state index contributed by atoms with van der Waals surface area (Å²) >= 11 is 6.70. The standard InChI is InChI=1S/C5H8Br2/c1-2-5(7)3-4-6/h2,5H,1,3-4H2. The summed E-state index contributed by atoms with van der Waals surface area (Å²) in [6.45, 7) is 3.61. The molecule has 0 aliphatic rings. The van der Waals surface area contributed by atoms with Crippen LogP contribution in [0, 0.1) is 0 Å². The molecule has 1 unspecified atom stereocenters. The smallest absolute Gasteiger partial charge is 0.0330 e. The molecule has 0 saturated carbocycles. The molecule has 0 spiro atoms.